The fourth-order valence-corrected chi connectivity index (χ4v) is 2.84. The molecule has 6 heteroatoms. The van der Waals surface area contributed by atoms with Crippen LogP contribution in [0.15, 0.2) is 78.2 Å². The van der Waals surface area contributed by atoms with E-state index < -0.39 is 0 Å². The van der Waals surface area contributed by atoms with E-state index in [1.54, 1.807) is 53.8 Å². The van der Waals surface area contributed by atoms with Gasteiger partial charge in [0.2, 0.25) is 5.91 Å². The summed E-state index contributed by atoms with van der Waals surface area (Å²) in [7, 11) is 0. The van der Waals surface area contributed by atoms with Gasteiger partial charge in [0.05, 0.1) is 0 Å². The molecule has 1 aromatic heterocycles. The lowest BCUT2D eigenvalue weighted by Crippen LogP contribution is -2.19. The normalized spacial score (nSPS) is 10.5. The molecule has 3 aromatic rings. The van der Waals surface area contributed by atoms with E-state index in [4.69, 9.17) is 0 Å². The Morgan fingerprint density at radius 2 is 1.46 bits per heavy atom. The lowest BCUT2D eigenvalue weighted by molar-refractivity contribution is -0.111. The number of anilines is 3. The van der Waals surface area contributed by atoms with Crippen LogP contribution in [0.1, 0.15) is 4.88 Å². The van der Waals surface area contributed by atoms with E-state index in [9.17, 15) is 9.59 Å². The van der Waals surface area contributed by atoms with Crippen molar-refractivity contribution in [3.63, 3.8) is 0 Å². The minimum atomic E-state index is -0.350. The predicted octanol–water partition coefficient (Wildman–Crippen LogP) is 5.04. The van der Waals surface area contributed by atoms with E-state index in [-0.39, 0.29) is 11.9 Å². The first-order chi connectivity index (χ1) is 12.7. The highest BCUT2D eigenvalue weighted by atomic mass is 32.1. The van der Waals surface area contributed by atoms with Crippen LogP contribution < -0.4 is 16.0 Å². The lowest BCUT2D eigenvalue weighted by atomic mass is 10.2. The smallest absolute Gasteiger partial charge is 0.322 e. The average Bonchev–Trinajstić information content (AvgIpc) is 3.14. The number of benzene rings is 2. The van der Waals surface area contributed by atoms with Gasteiger partial charge >= 0.3 is 6.03 Å². The molecule has 5 nitrogen and oxygen atoms in total. The molecule has 0 spiro atoms. The second kappa shape index (κ2) is 8.64. The second-order valence-electron chi connectivity index (χ2n) is 5.36. The number of nitrogens with one attached hydrogen (secondary N) is 3. The van der Waals surface area contributed by atoms with Gasteiger partial charge in [-0.3, -0.25) is 4.79 Å². The summed E-state index contributed by atoms with van der Waals surface area (Å²) in [6, 6.07) is 19.6. The van der Waals surface area contributed by atoms with E-state index >= 15 is 0 Å². The highest BCUT2D eigenvalue weighted by Gasteiger charge is 2.04. The van der Waals surface area contributed by atoms with Crippen molar-refractivity contribution in [2.75, 3.05) is 16.0 Å². The van der Waals surface area contributed by atoms with Gasteiger partial charge in [0, 0.05) is 28.0 Å². The molecular formula is C20H17N3O2S. The van der Waals surface area contributed by atoms with Gasteiger partial charge in [0.15, 0.2) is 0 Å². The fourth-order valence-electron chi connectivity index (χ4n) is 2.22. The average molecular weight is 363 g/mol. The van der Waals surface area contributed by atoms with E-state index in [1.165, 1.54) is 6.08 Å². The Labute approximate surface area is 155 Å². The number of carbonyl (C=O) groups excluding carboxylic acids is 2. The summed E-state index contributed by atoms with van der Waals surface area (Å²) in [5.74, 6) is -0.232. The predicted molar refractivity (Wildman–Crippen MR) is 108 cm³/mol. The fraction of sp³-hybridized carbons (Fsp3) is 0. The highest BCUT2D eigenvalue weighted by Crippen LogP contribution is 2.16. The Bertz CT molecular complexity index is 906. The number of urea groups is 1. The first-order valence-corrected chi connectivity index (χ1v) is 8.83. The molecule has 0 aliphatic rings. The van der Waals surface area contributed by atoms with Crippen LogP contribution in [-0.2, 0) is 4.79 Å². The molecule has 130 valence electrons. The van der Waals surface area contributed by atoms with Gasteiger partial charge in [0.1, 0.15) is 0 Å². The van der Waals surface area contributed by atoms with Gasteiger partial charge in [-0.2, -0.15) is 0 Å². The van der Waals surface area contributed by atoms with Crippen LogP contribution in [0.2, 0.25) is 0 Å². The summed E-state index contributed by atoms with van der Waals surface area (Å²) >= 11 is 1.56. The van der Waals surface area contributed by atoms with Gasteiger partial charge in [-0.15, -0.1) is 11.3 Å². The van der Waals surface area contributed by atoms with Crippen molar-refractivity contribution >= 4 is 46.4 Å². The summed E-state index contributed by atoms with van der Waals surface area (Å²) in [5.41, 5.74) is 1.88. The molecular weight excluding hydrogens is 346 g/mol. The Kier molecular flexibility index (Phi) is 5.80. The van der Waals surface area contributed by atoms with Crippen molar-refractivity contribution in [1.82, 2.24) is 0 Å². The number of para-hydroxylation sites is 1. The molecule has 3 N–H and O–H groups in total. The summed E-state index contributed by atoms with van der Waals surface area (Å²) in [5, 5.41) is 10.2. The van der Waals surface area contributed by atoms with Gasteiger partial charge in [-0.25, -0.2) is 4.79 Å². The van der Waals surface area contributed by atoms with Crippen molar-refractivity contribution in [2.45, 2.75) is 0 Å². The van der Waals surface area contributed by atoms with Crippen LogP contribution in [0.5, 0.6) is 0 Å². The number of thiophene rings is 1. The van der Waals surface area contributed by atoms with Crippen LogP contribution in [0, 0.1) is 0 Å². The standard InChI is InChI=1S/C20H17N3O2S/c24-19(12-11-18-10-5-13-26-18)21-16-8-4-9-17(14-16)23-20(25)22-15-6-2-1-3-7-15/h1-14H,(H,21,24)(H2,22,23,25). The number of hydrogen-bond acceptors (Lipinski definition) is 3. The highest BCUT2D eigenvalue weighted by molar-refractivity contribution is 7.10. The molecule has 0 aliphatic heterocycles. The molecule has 3 rings (SSSR count). The van der Waals surface area contributed by atoms with E-state index in [0.717, 1.165) is 4.88 Å². The Balaban J connectivity index is 1.57. The molecule has 2 aromatic carbocycles. The number of hydrogen-bond donors (Lipinski definition) is 3. The number of rotatable bonds is 5. The molecule has 0 bridgehead atoms. The summed E-state index contributed by atoms with van der Waals surface area (Å²) in [4.78, 5) is 25.0. The van der Waals surface area contributed by atoms with E-state index in [2.05, 4.69) is 16.0 Å². The summed E-state index contributed by atoms with van der Waals surface area (Å²) < 4.78 is 0. The molecule has 3 amide bonds. The number of carbonyl (C=O) groups is 2. The van der Waals surface area contributed by atoms with Crippen LogP contribution >= 0.6 is 11.3 Å². The zero-order valence-electron chi connectivity index (χ0n) is 13.8. The maximum atomic E-state index is 12.0. The third kappa shape index (κ3) is 5.32. The lowest BCUT2D eigenvalue weighted by Gasteiger charge is -2.09. The van der Waals surface area contributed by atoms with Crippen LogP contribution in [0.4, 0.5) is 21.9 Å². The first-order valence-electron chi connectivity index (χ1n) is 7.95. The van der Waals surface area contributed by atoms with Gasteiger partial charge in [-0.05, 0) is 47.9 Å². The van der Waals surface area contributed by atoms with Crippen molar-refractivity contribution in [3.05, 3.63) is 83.1 Å². The summed E-state index contributed by atoms with van der Waals surface area (Å²) in [6.07, 6.45) is 3.24. The Morgan fingerprint density at radius 1 is 0.769 bits per heavy atom. The zero-order chi connectivity index (χ0) is 18.2. The Hall–Kier alpha value is -3.38. The largest absolute Gasteiger partial charge is 0.323 e. The van der Waals surface area contributed by atoms with Gasteiger partial charge in [0.25, 0.3) is 0 Å². The summed E-state index contributed by atoms with van der Waals surface area (Å²) in [6.45, 7) is 0. The topological polar surface area (TPSA) is 70.2 Å². The quantitative estimate of drug-likeness (QED) is 0.556. The van der Waals surface area contributed by atoms with Crippen LogP contribution in [0.3, 0.4) is 0 Å². The molecule has 0 radical (unpaired) electrons. The van der Waals surface area contributed by atoms with Gasteiger partial charge in [-0.1, -0.05) is 30.3 Å². The molecule has 26 heavy (non-hydrogen) atoms. The molecule has 0 saturated carbocycles. The third-order valence-corrected chi connectivity index (χ3v) is 4.20. The SMILES string of the molecule is O=C(C=Cc1cccs1)Nc1cccc(NC(=O)Nc2ccccc2)c1. The zero-order valence-corrected chi connectivity index (χ0v) is 14.6. The monoisotopic (exact) mass is 363 g/mol. The first kappa shape index (κ1) is 17.4. The minimum absolute atomic E-state index is 0.232. The molecule has 0 fully saturated rings. The van der Waals surface area contributed by atoms with Crippen LogP contribution in [-0.4, -0.2) is 11.9 Å². The molecule has 1 heterocycles. The van der Waals surface area contributed by atoms with Crippen LogP contribution in [0.25, 0.3) is 6.08 Å². The third-order valence-electron chi connectivity index (χ3n) is 3.36. The maximum Gasteiger partial charge on any atom is 0.323 e. The van der Waals surface area contributed by atoms with Crippen molar-refractivity contribution in [2.24, 2.45) is 0 Å². The van der Waals surface area contributed by atoms with Crippen molar-refractivity contribution in [1.29, 1.82) is 0 Å². The van der Waals surface area contributed by atoms with Crippen molar-refractivity contribution in [3.8, 4) is 0 Å². The van der Waals surface area contributed by atoms with Crippen molar-refractivity contribution < 1.29 is 9.59 Å². The van der Waals surface area contributed by atoms with E-state index in [1.807, 2.05) is 35.7 Å². The second-order valence-corrected chi connectivity index (χ2v) is 6.34. The van der Waals surface area contributed by atoms with E-state index in [0.29, 0.717) is 17.1 Å². The number of amides is 3. The molecule has 0 unspecified atom stereocenters. The molecule has 0 atom stereocenters. The Morgan fingerprint density at radius 3 is 2.19 bits per heavy atom. The van der Waals surface area contributed by atoms with Gasteiger partial charge < -0.3 is 16.0 Å². The maximum absolute atomic E-state index is 12.0. The minimum Gasteiger partial charge on any atom is -0.322 e. The molecule has 0 saturated heterocycles. The molecule has 0 aliphatic carbocycles.